The fourth-order valence-electron chi connectivity index (χ4n) is 0.919. The fourth-order valence-corrected chi connectivity index (χ4v) is 2.07. The first-order valence-electron chi connectivity index (χ1n) is 3.90. The van der Waals surface area contributed by atoms with E-state index in [0.29, 0.717) is 9.92 Å². The molecule has 1 rings (SSSR count). The molecular formula is C9H6Cl2F2OS. The highest BCUT2D eigenvalue weighted by atomic mass is 35.5. The van der Waals surface area contributed by atoms with E-state index in [1.165, 1.54) is 18.2 Å². The summed E-state index contributed by atoms with van der Waals surface area (Å²) in [7, 11) is 0. The van der Waals surface area contributed by atoms with E-state index in [0.717, 1.165) is 11.8 Å². The molecule has 0 amide bonds. The summed E-state index contributed by atoms with van der Waals surface area (Å²) in [5.74, 6) is -0.337. The quantitative estimate of drug-likeness (QED) is 0.606. The molecule has 0 saturated carbocycles. The average molecular weight is 271 g/mol. The van der Waals surface area contributed by atoms with Crippen molar-refractivity contribution < 1.29 is 13.6 Å². The predicted molar refractivity (Wildman–Crippen MR) is 58.4 cm³/mol. The molecule has 1 aromatic carbocycles. The second-order valence-electron chi connectivity index (χ2n) is 2.65. The van der Waals surface area contributed by atoms with Crippen LogP contribution in [-0.2, 0) is 0 Å². The first-order chi connectivity index (χ1) is 6.99. The van der Waals surface area contributed by atoms with Crippen LogP contribution in [0.2, 0.25) is 5.02 Å². The summed E-state index contributed by atoms with van der Waals surface area (Å²) in [5, 5.41) is -0.352. The van der Waals surface area contributed by atoms with Crippen molar-refractivity contribution in [2.75, 3.05) is 5.75 Å². The zero-order valence-corrected chi connectivity index (χ0v) is 9.67. The summed E-state index contributed by atoms with van der Waals surface area (Å²) < 4.78 is 23.9. The van der Waals surface area contributed by atoms with Crippen molar-refractivity contribution >= 4 is 40.2 Å². The lowest BCUT2D eigenvalue weighted by molar-refractivity contribution is 0.108. The van der Waals surface area contributed by atoms with Gasteiger partial charge in [0.25, 0.3) is 5.24 Å². The number of carbonyl (C=O) groups is 1. The summed E-state index contributed by atoms with van der Waals surface area (Å²) >= 11 is 11.9. The highest BCUT2D eigenvalue weighted by Gasteiger charge is 2.08. The Morgan fingerprint density at radius 2 is 2.07 bits per heavy atom. The molecule has 0 N–H and O–H groups in total. The van der Waals surface area contributed by atoms with Crippen LogP contribution < -0.4 is 0 Å². The maximum absolute atomic E-state index is 11.9. The Kier molecular flexibility index (Phi) is 4.83. The van der Waals surface area contributed by atoms with Gasteiger partial charge in [0.15, 0.2) is 0 Å². The van der Waals surface area contributed by atoms with Gasteiger partial charge in [0, 0.05) is 15.5 Å². The SMILES string of the molecule is O=C(Cl)c1cc(Cl)cc(SCC(F)F)c1. The van der Waals surface area contributed by atoms with Gasteiger partial charge in [-0.1, -0.05) is 11.6 Å². The van der Waals surface area contributed by atoms with Gasteiger partial charge in [0.05, 0.1) is 5.75 Å². The van der Waals surface area contributed by atoms with E-state index in [1.807, 2.05) is 0 Å². The molecule has 0 bridgehead atoms. The van der Waals surface area contributed by atoms with E-state index in [4.69, 9.17) is 23.2 Å². The minimum atomic E-state index is -2.40. The number of carbonyl (C=O) groups excluding carboxylic acids is 1. The Bertz CT molecular complexity index is 371. The zero-order chi connectivity index (χ0) is 11.4. The third-order valence-corrected chi connectivity index (χ3v) is 2.90. The van der Waals surface area contributed by atoms with Crippen LogP contribution in [0, 0.1) is 0 Å². The molecule has 6 heteroatoms. The maximum atomic E-state index is 11.9. The van der Waals surface area contributed by atoms with E-state index in [9.17, 15) is 13.6 Å². The van der Waals surface area contributed by atoms with E-state index in [1.54, 1.807) is 0 Å². The second-order valence-corrected chi connectivity index (χ2v) is 4.52. The van der Waals surface area contributed by atoms with Crippen LogP contribution in [0.5, 0.6) is 0 Å². The first-order valence-corrected chi connectivity index (χ1v) is 5.64. The minimum absolute atomic E-state index is 0.209. The van der Waals surface area contributed by atoms with Gasteiger partial charge in [0.2, 0.25) is 6.43 Å². The van der Waals surface area contributed by atoms with Crippen LogP contribution in [0.25, 0.3) is 0 Å². The zero-order valence-electron chi connectivity index (χ0n) is 7.34. The number of alkyl halides is 2. The van der Waals surface area contributed by atoms with Gasteiger partial charge in [-0.15, -0.1) is 11.8 Å². The van der Waals surface area contributed by atoms with E-state index >= 15 is 0 Å². The van der Waals surface area contributed by atoms with Crippen LogP contribution in [0.4, 0.5) is 8.78 Å². The highest BCUT2D eigenvalue weighted by Crippen LogP contribution is 2.26. The number of hydrogen-bond donors (Lipinski definition) is 0. The molecule has 0 atom stereocenters. The van der Waals surface area contributed by atoms with E-state index < -0.39 is 11.7 Å². The van der Waals surface area contributed by atoms with Crippen LogP contribution in [0.1, 0.15) is 10.4 Å². The number of halogens is 4. The molecule has 0 heterocycles. The standard InChI is InChI=1S/C9H6Cl2F2OS/c10-6-1-5(9(11)14)2-7(3-6)15-4-8(12)13/h1-3,8H,4H2. The first kappa shape index (κ1) is 12.7. The van der Waals surface area contributed by atoms with Gasteiger partial charge in [-0.3, -0.25) is 4.79 Å². The van der Waals surface area contributed by atoms with E-state index in [-0.39, 0.29) is 11.3 Å². The van der Waals surface area contributed by atoms with Crippen molar-refractivity contribution in [2.24, 2.45) is 0 Å². The lowest BCUT2D eigenvalue weighted by Crippen LogP contribution is -1.94. The maximum Gasteiger partial charge on any atom is 0.252 e. The van der Waals surface area contributed by atoms with Gasteiger partial charge in [-0.2, -0.15) is 0 Å². The second kappa shape index (κ2) is 5.68. The molecule has 0 aromatic heterocycles. The molecule has 0 saturated heterocycles. The molecule has 0 radical (unpaired) electrons. The summed E-state index contributed by atoms with van der Waals surface area (Å²) in [4.78, 5) is 11.3. The summed E-state index contributed by atoms with van der Waals surface area (Å²) in [6.45, 7) is 0. The number of thioether (sulfide) groups is 1. The minimum Gasteiger partial charge on any atom is -0.276 e. The molecule has 82 valence electrons. The van der Waals surface area contributed by atoms with Crippen molar-refractivity contribution in [2.45, 2.75) is 11.3 Å². The number of hydrogen-bond acceptors (Lipinski definition) is 2. The Morgan fingerprint density at radius 1 is 1.40 bits per heavy atom. The molecule has 0 aliphatic heterocycles. The number of rotatable bonds is 4. The normalized spacial score (nSPS) is 10.7. The van der Waals surface area contributed by atoms with Crippen molar-refractivity contribution in [1.82, 2.24) is 0 Å². The molecule has 0 spiro atoms. The molecule has 1 nitrogen and oxygen atoms in total. The molecule has 0 aliphatic rings. The monoisotopic (exact) mass is 270 g/mol. The largest absolute Gasteiger partial charge is 0.276 e. The lowest BCUT2D eigenvalue weighted by atomic mass is 10.2. The molecular weight excluding hydrogens is 265 g/mol. The molecule has 1 aromatic rings. The van der Waals surface area contributed by atoms with Crippen LogP contribution in [0.3, 0.4) is 0 Å². The van der Waals surface area contributed by atoms with Gasteiger partial charge < -0.3 is 0 Å². The van der Waals surface area contributed by atoms with Gasteiger partial charge in [-0.05, 0) is 29.8 Å². The third-order valence-electron chi connectivity index (χ3n) is 1.47. The molecule has 0 fully saturated rings. The van der Waals surface area contributed by atoms with Crippen molar-refractivity contribution in [3.05, 3.63) is 28.8 Å². The Hall–Kier alpha value is -0.320. The topological polar surface area (TPSA) is 17.1 Å². The predicted octanol–water partition coefficient (Wildman–Crippen LogP) is 4.08. The van der Waals surface area contributed by atoms with Gasteiger partial charge in [-0.25, -0.2) is 8.78 Å². The van der Waals surface area contributed by atoms with Crippen LogP contribution >= 0.6 is 35.0 Å². The average Bonchev–Trinajstić information content (AvgIpc) is 2.13. The van der Waals surface area contributed by atoms with Crippen molar-refractivity contribution in [3.63, 3.8) is 0 Å². The summed E-state index contributed by atoms with van der Waals surface area (Å²) in [6, 6.07) is 4.34. The van der Waals surface area contributed by atoms with Gasteiger partial charge in [0.1, 0.15) is 0 Å². The van der Waals surface area contributed by atoms with Gasteiger partial charge >= 0.3 is 0 Å². The highest BCUT2D eigenvalue weighted by molar-refractivity contribution is 7.99. The molecule has 15 heavy (non-hydrogen) atoms. The lowest BCUT2D eigenvalue weighted by Gasteiger charge is -2.03. The fraction of sp³-hybridized carbons (Fsp3) is 0.222. The van der Waals surface area contributed by atoms with Crippen LogP contribution in [0.15, 0.2) is 23.1 Å². The number of benzene rings is 1. The third kappa shape index (κ3) is 4.36. The summed E-state index contributed by atoms with van der Waals surface area (Å²) in [5.41, 5.74) is 0.209. The van der Waals surface area contributed by atoms with E-state index in [2.05, 4.69) is 0 Å². The van der Waals surface area contributed by atoms with Crippen LogP contribution in [-0.4, -0.2) is 17.4 Å². The van der Waals surface area contributed by atoms with Crippen molar-refractivity contribution in [3.8, 4) is 0 Å². The Balaban J connectivity index is 2.84. The Labute approximate surface area is 99.7 Å². The van der Waals surface area contributed by atoms with Crippen molar-refractivity contribution in [1.29, 1.82) is 0 Å². The molecule has 0 aliphatic carbocycles. The molecule has 0 unspecified atom stereocenters. The Morgan fingerprint density at radius 3 is 2.60 bits per heavy atom. The smallest absolute Gasteiger partial charge is 0.252 e. The summed E-state index contributed by atoms with van der Waals surface area (Å²) in [6.07, 6.45) is -2.40.